The van der Waals surface area contributed by atoms with E-state index in [4.69, 9.17) is 5.73 Å². The van der Waals surface area contributed by atoms with Gasteiger partial charge in [0.25, 0.3) is 0 Å². The molecule has 1 atom stereocenters. The molecule has 3 nitrogen and oxygen atoms in total. The van der Waals surface area contributed by atoms with Crippen LogP contribution in [0.15, 0.2) is 22.7 Å². The molecule has 1 fully saturated rings. The lowest BCUT2D eigenvalue weighted by molar-refractivity contribution is 0.249. The van der Waals surface area contributed by atoms with Gasteiger partial charge in [-0.3, -0.25) is 0 Å². The average molecular weight is 354 g/mol. The number of rotatable bonds is 5. The second-order valence-corrected chi connectivity index (χ2v) is 7.24. The fraction of sp³-hybridized carbons (Fsp3) is 0.647. The first-order chi connectivity index (χ1) is 10.0. The van der Waals surface area contributed by atoms with Crippen molar-refractivity contribution in [1.82, 2.24) is 4.90 Å². The fourth-order valence-corrected chi connectivity index (χ4v) is 3.48. The lowest BCUT2D eigenvalue weighted by atomic mass is 9.99. The number of halogens is 1. The van der Waals surface area contributed by atoms with Gasteiger partial charge in [0.05, 0.1) is 0 Å². The summed E-state index contributed by atoms with van der Waals surface area (Å²) in [5.74, 6) is 0. The van der Waals surface area contributed by atoms with Crippen LogP contribution in [0.1, 0.15) is 31.7 Å². The summed E-state index contributed by atoms with van der Waals surface area (Å²) < 4.78 is 1.15. The molecular formula is C17H28BrN3. The van der Waals surface area contributed by atoms with E-state index in [1.807, 2.05) is 0 Å². The molecule has 1 aromatic carbocycles. The number of anilines is 1. The van der Waals surface area contributed by atoms with Crippen LogP contribution >= 0.6 is 15.9 Å². The smallest absolute Gasteiger partial charge is 0.0400 e. The van der Waals surface area contributed by atoms with Crippen LogP contribution in [0, 0.1) is 0 Å². The molecule has 1 heterocycles. The molecule has 21 heavy (non-hydrogen) atoms. The maximum Gasteiger partial charge on any atom is 0.0400 e. The van der Waals surface area contributed by atoms with Crippen molar-refractivity contribution in [3.05, 3.63) is 28.2 Å². The Bertz CT molecular complexity index is 453. The minimum absolute atomic E-state index is 0.248. The Morgan fingerprint density at radius 3 is 2.57 bits per heavy atom. The van der Waals surface area contributed by atoms with Crippen molar-refractivity contribution >= 4 is 21.6 Å². The van der Waals surface area contributed by atoms with Gasteiger partial charge in [0.2, 0.25) is 0 Å². The lowest BCUT2D eigenvalue weighted by Crippen LogP contribution is -2.42. The Morgan fingerprint density at radius 2 is 2.00 bits per heavy atom. The van der Waals surface area contributed by atoms with Crippen LogP contribution < -0.4 is 10.6 Å². The molecule has 1 saturated heterocycles. The normalized spacial score (nSPS) is 18.3. The molecule has 0 aliphatic carbocycles. The molecule has 0 saturated carbocycles. The van der Waals surface area contributed by atoms with Crippen LogP contribution in [0.5, 0.6) is 0 Å². The van der Waals surface area contributed by atoms with E-state index in [9.17, 15) is 0 Å². The van der Waals surface area contributed by atoms with Crippen molar-refractivity contribution < 1.29 is 0 Å². The van der Waals surface area contributed by atoms with Crippen molar-refractivity contribution in [1.29, 1.82) is 0 Å². The van der Waals surface area contributed by atoms with Gasteiger partial charge in [-0.25, -0.2) is 0 Å². The quantitative estimate of drug-likeness (QED) is 0.881. The fourth-order valence-electron chi connectivity index (χ4n) is 3.08. The minimum Gasteiger partial charge on any atom is -0.371 e. The minimum atomic E-state index is 0.248. The molecule has 0 radical (unpaired) electrons. The highest BCUT2D eigenvalue weighted by Gasteiger charge is 2.22. The predicted octanol–water partition coefficient (Wildman–Crippen LogP) is 3.26. The first kappa shape index (κ1) is 16.8. The number of benzene rings is 1. The first-order valence-corrected chi connectivity index (χ1v) is 8.76. The summed E-state index contributed by atoms with van der Waals surface area (Å²) in [6.07, 6.45) is 4.46. The van der Waals surface area contributed by atoms with E-state index in [-0.39, 0.29) is 6.04 Å². The van der Waals surface area contributed by atoms with Crippen LogP contribution in [0.3, 0.4) is 0 Å². The first-order valence-electron chi connectivity index (χ1n) is 7.96. The van der Waals surface area contributed by atoms with E-state index in [0.717, 1.165) is 36.4 Å². The number of hydrogen-bond acceptors (Lipinski definition) is 3. The maximum absolute atomic E-state index is 6.17. The summed E-state index contributed by atoms with van der Waals surface area (Å²) in [6, 6.07) is 7.60. The zero-order chi connectivity index (χ0) is 15.4. The Kier molecular flexibility index (Phi) is 6.08. The Morgan fingerprint density at radius 1 is 1.33 bits per heavy atom. The molecule has 1 aromatic rings. The van der Waals surface area contributed by atoms with Gasteiger partial charge in [-0.1, -0.05) is 22.9 Å². The molecule has 0 spiro atoms. The summed E-state index contributed by atoms with van der Waals surface area (Å²) in [6.45, 7) is 4.43. The summed E-state index contributed by atoms with van der Waals surface area (Å²) in [7, 11) is 4.37. The summed E-state index contributed by atoms with van der Waals surface area (Å²) in [4.78, 5) is 4.89. The molecule has 4 heteroatoms. The van der Waals surface area contributed by atoms with Crippen LogP contribution in [0.25, 0.3) is 0 Å². The van der Waals surface area contributed by atoms with Gasteiger partial charge >= 0.3 is 0 Å². The van der Waals surface area contributed by atoms with Gasteiger partial charge in [-0.2, -0.15) is 0 Å². The maximum atomic E-state index is 6.17. The summed E-state index contributed by atoms with van der Waals surface area (Å²) in [5.41, 5.74) is 8.93. The van der Waals surface area contributed by atoms with Crippen molar-refractivity contribution in [3.8, 4) is 0 Å². The van der Waals surface area contributed by atoms with Gasteiger partial charge < -0.3 is 15.5 Å². The monoisotopic (exact) mass is 353 g/mol. The highest BCUT2D eigenvalue weighted by Crippen LogP contribution is 2.29. The molecule has 1 unspecified atom stereocenters. The molecule has 0 amide bonds. The van der Waals surface area contributed by atoms with Gasteiger partial charge in [0, 0.05) is 35.3 Å². The molecule has 1 aliphatic rings. The molecule has 2 rings (SSSR count). The third-order valence-corrected chi connectivity index (χ3v) is 5.08. The van der Waals surface area contributed by atoms with Crippen molar-refractivity contribution in [2.45, 2.75) is 44.7 Å². The Balaban J connectivity index is 2.12. The van der Waals surface area contributed by atoms with Gasteiger partial charge in [-0.05, 0) is 63.5 Å². The molecule has 2 N–H and O–H groups in total. The standard InChI is InChI=1S/C17H28BrN3/c1-4-15(19)12-13-11-14(18)5-6-17(13)21-9-7-16(8-10-21)20(2)3/h5-6,11,15-16H,4,7-10,12,19H2,1-3H3. The Hall–Kier alpha value is -0.580. The van der Waals surface area contributed by atoms with E-state index < -0.39 is 0 Å². The molecule has 0 aromatic heterocycles. The van der Waals surface area contributed by atoms with Gasteiger partial charge in [0.15, 0.2) is 0 Å². The second kappa shape index (κ2) is 7.61. The van der Waals surface area contributed by atoms with E-state index >= 15 is 0 Å². The van der Waals surface area contributed by atoms with Crippen molar-refractivity contribution in [3.63, 3.8) is 0 Å². The zero-order valence-electron chi connectivity index (χ0n) is 13.5. The number of nitrogens with two attached hydrogens (primary N) is 1. The van der Waals surface area contributed by atoms with Crippen molar-refractivity contribution in [2.24, 2.45) is 5.73 Å². The van der Waals surface area contributed by atoms with Crippen molar-refractivity contribution in [2.75, 3.05) is 32.1 Å². The second-order valence-electron chi connectivity index (χ2n) is 6.33. The van der Waals surface area contributed by atoms with Crippen LogP contribution in [-0.2, 0) is 6.42 Å². The topological polar surface area (TPSA) is 32.5 Å². The van der Waals surface area contributed by atoms with Gasteiger partial charge in [0.1, 0.15) is 0 Å². The lowest BCUT2D eigenvalue weighted by Gasteiger charge is -2.37. The predicted molar refractivity (Wildman–Crippen MR) is 95.0 cm³/mol. The van der Waals surface area contributed by atoms with Gasteiger partial charge in [-0.15, -0.1) is 0 Å². The van der Waals surface area contributed by atoms with E-state index in [0.29, 0.717) is 0 Å². The molecule has 118 valence electrons. The zero-order valence-corrected chi connectivity index (χ0v) is 15.1. The number of nitrogens with zero attached hydrogens (tertiary/aromatic N) is 2. The highest BCUT2D eigenvalue weighted by molar-refractivity contribution is 9.10. The van der Waals surface area contributed by atoms with Crippen LogP contribution in [0.2, 0.25) is 0 Å². The van der Waals surface area contributed by atoms with Crippen LogP contribution in [-0.4, -0.2) is 44.2 Å². The summed E-state index contributed by atoms with van der Waals surface area (Å²) in [5, 5.41) is 0. The molecule has 0 bridgehead atoms. The third kappa shape index (κ3) is 4.44. The van der Waals surface area contributed by atoms with E-state index in [1.165, 1.54) is 24.1 Å². The van der Waals surface area contributed by atoms with Crippen LogP contribution in [0.4, 0.5) is 5.69 Å². The highest BCUT2D eigenvalue weighted by atomic mass is 79.9. The average Bonchev–Trinajstić information content (AvgIpc) is 2.47. The molecule has 1 aliphatic heterocycles. The largest absolute Gasteiger partial charge is 0.371 e. The third-order valence-electron chi connectivity index (χ3n) is 4.58. The van der Waals surface area contributed by atoms with E-state index in [2.05, 4.69) is 64.9 Å². The number of hydrogen-bond donors (Lipinski definition) is 1. The number of piperidine rings is 1. The summed E-state index contributed by atoms with van der Waals surface area (Å²) >= 11 is 3.59. The Labute approximate surface area is 137 Å². The van der Waals surface area contributed by atoms with E-state index in [1.54, 1.807) is 0 Å². The molecular weight excluding hydrogens is 326 g/mol. The SMILES string of the molecule is CCC(N)Cc1cc(Br)ccc1N1CCC(N(C)C)CC1.